The number of nitrogens with zero attached hydrogens (tertiary/aromatic N) is 1. The third kappa shape index (κ3) is 7.25. The summed E-state index contributed by atoms with van der Waals surface area (Å²) < 4.78 is 18.3. The van der Waals surface area contributed by atoms with Crippen LogP contribution in [0.4, 0.5) is 5.69 Å². The first kappa shape index (κ1) is 29.5. The fourth-order valence-corrected chi connectivity index (χ4v) is 5.24. The Kier molecular flexibility index (Phi) is 9.42. The van der Waals surface area contributed by atoms with Gasteiger partial charge in [-0.2, -0.15) is 0 Å². The molecule has 0 aliphatic carbocycles. The zero-order chi connectivity index (χ0) is 30.2. The van der Waals surface area contributed by atoms with Crippen molar-refractivity contribution >= 4 is 11.5 Å². The minimum absolute atomic E-state index is 0.161. The van der Waals surface area contributed by atoms with Crippen molar-refractivity contribution in [2.75, 3.05) is 12.0 Å². The van der Waals surface area contributed by atoms with Crippen LogP contribution in [0.15, 0.2) is 115 Å². The molecule has 0 spiro atoms. The number of Topliss-reactive ketones (excluding diaryl/α,β-unsaturated/α-hetero) is 1. The van der Waals surface area contributed by atoms with Crippen molar-refractivity contribution in [3.8, 4) is 23.0 Å². The summed E-state index contributed by atoms with van der Waals surface area (Å²) in [6.45, 7) is 7.49. The standard InChI is InChI=1S/C38H37NO4/c1-27-22-33(39(24-30-14-8-5-9-15-30)25-31-16-10-6-11-17-31)23-28(2)37(27)43-35-21-20-34(36(29(3)40)38(35)41-4)42-26-32-18-12-7-13-19-32/h5-23H,24-26H2,1-4H3. The molecule has 5 nitrogen and oxygen atoms in total. The second-order valence-electron chi connectivity index (χ2n) is 10.6. The van der Waals surface area contributed by atoms with Gasteiger partial charge in [0.25, 0.3) is 0 Å². The second kappa shape index (κ2) is 13.8. The van der Waals surface area contributed by atoms with Crippen molar-refractivity contribution in [2.24, 2.45) is 0 Å². The number of ether oxygens (including phenoxy) is 3. The van der Waals surface area contributed by atoms with Gasteiger partial charge in [-0.25, -0.2) is 0 Å². The maximum absolute atomic E-state index is 12.8. The summed E-state index contributed by atoms with van der Waals surface area (Å²) in [7, 11) is 1.55. The van der Waals surface area contributed by atoms with Gasteiger partial charge in [0.2, 0.25) is 0 Å². The molecule has 0 aliphatic heterocycles. The Labute approximate surface area is 254 Å². The Hall–Kier alpha value is -5.03. The van der Waals surface area contributed by atoms with Gasteiger partial charge in [0, 0.05) is 18.8 Å². The van der Waals surface area contributed by atoms with E-state index in [2.05, 4.69) is 65.6 Å². The fraction of sp³-hybridized carbons (Fsp3) is 0.184. The van der Waals surface area contributed by atoms with E-state index in [0.717, 1.165) is 41.2 Å². The fourth-order valence-electron chi connectivity index (χ4n) is 5.24. The lowest BCUT2D eigenvalue weighted by Gasteiger charge is -2.27. The summed E-state index contributed by atoms with van der Waals surface area (Å²) in [4.78, 5) is 15.2. The highest BCUT2D eigenvalue weighted by molar-refractivity contribution is 6.00. The van der Waals surface area contributed by atoms with Gasteiger partial charge in [-0.15, -0.1) is 0 Å². The van der Waals surface area contributed by atoms with Crippen LogP contribution in [0.5, 0.6) is 23.0 Å². The van der Waals surface area contributed by atoms with E-state index in [1.54, 1.807) is 19.2 Å². The highest BCUT2D eigenvalue weighted by Crippen LogP contribution is 2.42. The lowest BCUT2D eigenvalue weighted by molar-refractivity contribution is 0.100. The number of methoxy groups -OCH3 is 1. The van der Waals surface area contributed by atoms with Crippen LogP contribution in [0.3, 0.4) is 0 Å². The Morgan fingerprint density at radius 3 is 1.63 bits per heavy atom. The lowest BCUT2D eigenvalue weighted by Crippen LogP contribution is -2.22. The van der Waals surface area contributed by atoms with Crippen LogP contribution < -0.4 is 19.1 Å². The molecular weight excluding hydrogens is 534 g/mol. The molecule has 0 saturated carbocycles. The molecule has 5 aromatic carbocycles. The predicted octanol–water partition coefficient (Wildman–Crippen LogP) is 9.09. The van der Waals surface area contributed by atoms with E-state index in [9.17, 15) is 4.79 Å². The van der Waals surface area contributed by atoms with Gasteiger partial charge in [-0.05, 0) is 72.9 Å². The van der Waals surface area contributed by atoms with Crippen molar-refractivity contribution in [1.29, 1.82) is 0 Å². The van der Waals surface area contributed by atoms with E-state index >= 15 is 0 Å². The summed E-state index contributed by atoms with van der Waals surface area (Å²) >= 11 is 0. The van der Waals surface area contributed by atoms with Crippen molar-refractivity contribution in [3.05, 3.63) is 149 Å². The summed E-state index contributed by atoms with van der Waals surface area (Å²) in [6, 6.07) is 38.7. The first-order valence-corrected chi connectivity index (χ1v) is 14.4. The molecule has 0 atom stereocenters. The normalized spacial score (nSPS) is 10.7. The first-order valence-electron chi connectivity index (χ1n) is 14.4. The minimum atomic E-state index is -0.161. The molecule has 0 unspecified atom stereocenters. The third-order valence-electron chi connectivity index (χ3n) is 7.33. The molecule has 43 heavy (non-hydrogen) atoms. The van der Waals surface area contributed by atoms with Crippen molar-refractivity contribution in [2.45, 2.75) is 40.5 Å². The molecule has 0 N–H and O–H groups in total. The number of carbonyl (C=O) groups excluding carboxylic acids is 1. The lowest BCUT2D eigenvalue weighted by atomic mass is 10.1. The largest absolute Gasteiger partial charge is 0.492 e. The van der Waals surface area contributed by atoms with Crippen molar-refractivity contribution in [1.82, 2.24) is 0 Å². The molecule has 218 valence electrons. The molecule has 0 fully saturated rings. The van der Waals surface area contributed by atoms with E-state index < -0.39 is 0 Å². The molecule has 5 rings (SSSR count). The summed E-state index contributed by atoms with van der Waals surface area (Å²) in [5.74, 6) is 1.85. The van der Waals surface area contributed by atoms with Crippen LogP contribution >= 0.6 is 0 Å². The average molecular weight is 572 g/mol. The van der Waals surface area contributed by atoms with Gasteiger partial charge in [0.15, 0.2) is 17.3 Å². The molecule has 0 radical (unpaired) electrons. The van der Waals surface area contributed by atoms with E-state index in [1.165, 1.54) is 18.1 Å². The van der Waals surface area contributed by atoms with Crippen LogP contribution in [0.25, 0.3) is 0 Å². The van der Waals surface area contributed by atoms with Gasteiger partial charge in [-0.1, -0.05) is 91.0 Å². The van der Waals surface area contributed by atoms with Crippen molar-refractivity contribution < 1.29 is 19.0 Å². The van der Waals surface area contributed by atoms with Gasteiger partial charge in [0.05, 0.1) is 7.11 Å². The number of hydrogen-bond donors (Lipinski definition) is 0. The number of anilines is 1. The Morgan fingerprint density at radius 1 is 0.651 bits per heavy atom. The number of aryl methyl sites for hydroxylation is 2. The van der Waals surface area contributed by atoms with E-state index in [1.807, 2.05) is 56.3 Å². The van der Waals surface area contributed by atoms with Gasteiger partial charge < -0.3 is 19.1 Å². The average Bonchev–Trinajstić information content (AvgIpc) is 3.02. The summed E-state index contributed by atoms with van der Waals surface area (Å²) in [5.41, 5.74) is 6.93. The molecule has 0 aliphatic rings. The van der Waals surface area contributed by atoms with Gasteiger partial charge >= 0.3 is 0 Å². The maximum atomic E-state index is 12.8. The SMILES string of the molecule is COc1c(Oc2c(C)cc(N(Cc3ccccc3)Cc3ccccc3)cc2C)ccc(OCc2ccccc2)c1C(C)=O. The zero-order valence-corrected chi connectivity index (χ0v) is 25.2. The number of benzene rings is 5. The molecule has 0 aromatic heterocycles. The Bertz CT molecular complexity index is 1600. The van der Waals surface area contributed by atoms with E-state index in [4.69, 9.17) is 14.2 Å². The second-order valence-corrected chi connectivity index (χ2v) is 10.6. The molecule has 5 aromatic rings. The number of carbonyl (C=O) groups is 1. The van der Waals surface area contributed by atoms with Crippen LogP contribution in [0.2, 0.25) is 0 Å². The van der Waals surface area contributed by atoms with E-state index in [0.29, 0.717) is 29.4 Å². The summed E-state index contributed by atoms with van der Waals surface area (Å²) in [6.07, 6.45) is 0. The number of rotatable bonds is 12. The molecule has 0 bridgehead atoms. The summed E-state index contributed by atoms with van der Waals surface area (Å²) in [5, 5.41) is 0. The number of ketones is 1. The molecule has 0 heterocycles. The quantitative estimate of drug-likeness (QED) is 0.140. The molecular formula is C38H37NO4. The maximum Gasteiger partial charge on any atom is 0.175 e. The highest BCUT2D eigenvalue weighted by atomic mass is 16.5. The van der Waals surface area contributed by atoms with Crippen LogP contribution in [0.1, 0.15) is 45.1 Å². The smallest absolute Gasteiger partial charge is 0.175 e. The minimum Gasteiger partial charge on any atom is -0.492 e. The van der Waals surface area contributed by atoms with E-state index in [-0.39, 0.29) is 5.78 Å². The molecule has 5 heteroatoms. The van der Waals surface area contributed by atoms with Crippen LogP contribution in [-0.4, -0.2) is 12.9 Å². The Balaban J connectivity index is 1.44. The van der Waals surface area contributed by atoms with Crippen LogP contribution in [0, 0.1) is 13.8 Å². The molecule has 0 saturated heterocycles. The van der Waals surface area contributed by atoms with Gasteiger partial charge in [-0.3, -0.25) is 4.79 Å². The monoisotopic (exact) mass is 571 g/mol. The Morgan fingerprint density at radius 2 is 1.14 bits per heavy atom. The van der Waals surface area contributed by atoms with Crippen LogP contribution in [-0.2, 0) is 19.7 Å². The third-order valence-corrected chi connectivity index (χ3v) is 7.33. The van der Waals surface area contributed by atoms with Gasteiger partial charge in [0.1, 0.15) is 23.7 Å². The highest BCUT2D eigenvalue weighted by Gasteiger charge is 2.22. The zero-order valence-electron chi connectivity index (χ0n) is 25.2. The predicted molar refractivity (Wildman–Crippen MR) is 173 cm³/mol. The number of hydrogen-bond acceptors (Lipinski definition) is 5. The topological polar surface area (TPSA) is 48.0 Å². The molecule has 0 amide bonds. The first-order chi connectivity index (χ1) is 20.9. The van der Waals surface area contributed by atoms with Crippen molar-refractivity contribution in [3.63, 3.8) is 0 Å².